The quantitative estimate of drug-likeness (QED) is 0.558. The number of carboxylic acids is 1. The van der Waals surface area contributed by atoms with E-state index < -0.39 is 12.0 Å². The molecular formula is C6H11ClNO2-. The molecule has 1 saturated heterocycles. The van der Waals surface area contributed by atoms with E-state index in [0.717, 1.165) is 25.8 Å². The van der Waals surface area contributed by atoms with Gasteiger partial charge in [-0.3, -0.25) is 0 Å². The number of halogens is 1. The Morgan fingerprint density at radius 2 is 2.20 bits per heavy atom. The molecule has 1 N–H and O–H groups in total. The van der Waals surface area contributed by atoms with E-state index in [0.29, 0.717) is 0 Å². The largest absolute Gasteiger partial charge is 0.548 e. The second kappa shape index (κ2) is 4.52. The van der Waals surface area contributed by atoms with Crippen molar-refractivity contribution in [2.75, 3.05) is 6.54 Å². The molecule has 4 heteroatoms. The highest BCUT2D eigenvalue weighted by molar-refractivity contribution is 5.85. The molecule has 1 heterocycles. The molecule has 0 aromatic rings. The maximum atomic E-state index is 10.2. The van der Waals surface area contributed by atoms with E-state index in [-0.39, 0.29) is 12.4 Å². The summed E-state index contributed by atoms with van der Waals surface area (Å²) in [5, 5.41) is 13.0. The summed E-state index contributed by atoms with van der Waals surface area (Å²) in [6, 6.07) is -0.390. The molecule has 1 aliphatic heterocycles. The summed E-state index contributed by atoms with van der Waals surface area (Å²) < 4.78 is 0. The van der Waals surface area contributed by atoms with Gasteiger partial charge in [0, 0.05) is 6.04 Å². The fourth-order valence-electron chi connectivity index (χ4n) is 1.05. The van der Waals surface area contributed by atoms with Crippen LogP contribution < -0.4 is 10.4 Å². The van der Waals surface area contributed by atoms with E-state index in [1.807, 2.05) is 0 Å². The van der Waals surface area contributed by atoms with Gasteiger partial charge in [-0.05, 0) is 19.4 Å². The Labute approximate surface area is 66.2 Å². The van der Waals surface area contributed by atoms with E-state index in [1.54, 1.807) is 0 Å². The fourth-order valence-corrected chi connectivity index (χ4v) is 1.05. The minimum absolute atomic E-state index is 0. The van der Waals surface area contributed by atoms with Crippen LogP contribution in [0.5, 0.6) is 0 Å². The van der Waals surface area contributed by atoms with Gasteiger partial charge in [0.05, 0.1) is 5.97 Å². The third kappa shape index (κ3) is 2.54. The van der Waals surface area contributed by atoms with Crippen LogP contribution in [-0.4, -0.2) is 18.6 Å². The molecule has 0 spiro atoms. The minimum atomic E-state index is -0.963. The smallest absolute Gasteiger partial charge is 0.0584 e. The second-order valence-electron chi connectivity index (χ2n) is 2.32. The van der Waals surface area contributed by atoms with Crippen LogP contribution >= 0.6 is 12.4 Å². The lowest BCUT2D eigenvalue weighted by Crippen LogP contribution is -2.47. The van der Waals surface area contributed by atoms with Gasteiger partial charge < -0.3 is 15.2 Å². The van der Waals surface area contributed by atoms with Crippen molar-refractivity contribution >= 4 is 18.4 Å². The molecule has 1 aliphatic rings. The van der Waals surface area contributed by atoms with Gasteiger partial charge in [-0.1, -0.05) is 6.42 Å². The average molecular weight is 165 g/mol. The van der Waals surface area contributed by atoms with Gasteiger partial charge in [0.25, 0.3) is 0 Å². The number of hydrogen-bond acceptors (Lipinski definition) is 3. The van der Waals surface area contributed by atoms with Crippen LogP contribution in [-0.2, 0) is 4.79 Å². The van der Waals surface area contributed by atoms with Crippen molar-refractivity contribution in [3.63, 3.8) is 0 Å². The van der Waals surface area contributed by atoms with E-state index in [2.05, 4.69) is 5.32 Å². The van der Waals surface area contributed by atoms with E-state index >= 15 is 0 Å². The van der Waals surface area contributed by atoms with Gasteiger partial charge in [0.1, 0.15) is 0 Å². The Bertz CT molecular complexity index is 112. The molecule has 0 aromatic heterocycles. The first-order chi connectivity index (χ1) is 4.30. The second-order valence-corrected chi connectivity index (χ2v) is 2.32. The van der Waals surface area contributed by atoms with Gasteiger partial charge in [0.2, 0.25) is 0 Å². The van der Waals surface area contributed by atoms with Gasteiger partial charge in [-0.25, -0.2) is 0 Å². The zero-order valence-electron chi connectivity index (χ0n) is 5.63. The Balaban J connectivity index is 0.000000810. The highest BCUT2D eigenvalue weighted by atomic mass is 35.5. The predicted molar refractivity (Wildman–Crippen MR) is 37.9 cm³/mol. The number of carbonyl (C=O) groups excluding carboxylic acids is 1. The van der Waals surface area contributed by atoms with Gasteiger partial charge in [0.15, 0.2) is 0 Å². The molecule has 3 nitrogen and oxygen atoms in total. The Morgan fingerprint density at radius 1 is 1.50 bits per heavy atom. The van der Waals surface area contributed by atoms with Crippen molar-refractivity contribution in [1.29, 1.82) is 0 Å². The monoisotopic (exact) mass is 164 g/mol. The Hall–Kier alpha value is -0.280. The number of piperidine rings is 1. The van der Waals surface area contributed by atoms with Crippen molar-refractivity contribution in [3.8, 4) is 0 Å². The summed E-state index contributed by atoms with van der Waals surface area (Å²) >= 11 is 0. The average Bonchev–Trinajstić information content (AvgIpc) is 1.90. The maximum Gasteiger partial charge on any atom is 0.0584 e. The number of rotatable bonds is 1. The fraction of sp³-hybridized carbons (Fsp3) is 0.833. The zero-order chi connectivity index (χ0) is 6.69. The number of nitrogens with one attached hydrogen (secondary N) is 1. The number of hydrogen-bond donors (Lipinski definition) is 1. The molecule has 0 saturated carbocycles. The van der Waals surface area contributed by atoms with Crippen LogP contribution in [0.1, 0.15) is 19.3 Å². The summed E-state index contributed by atoms with van der Waals surface area (Å²) in [5.41, 5.74) is 0. The predicted octanol–water partition coefficient (Wildman–Crippen LogP) is -0.700. The summed E-state index contributed by atoms with van der Waals surface area (Å²) in [7, 11) is 0. The summed E-state index contributed by atoms with van der Waals surface area (Å²) in [4.78, 5) is 10.2. The number of carboxylic acid groups (broad SMARTS) is 1. The molecule has 0 radical (unpaired) electrons. The molecule has 60 valence electrons. The lowest BCUT2D eigenvalue weighted by Gasteiger charge is -2.23. The van der Waals surface area contributed by atoms with Crippen molar-refractivity contribution in [3.05, 3.63) is 0 Å². The Morgan fingerprint density at radius 3 is 2.50 bits per heavy atom. The van der Waals surface area contributed by atoms with Crippen LogP contribution in [0.2, 0.25) is 0 Å². The van der Waals surface area contributed by atoms with Crippen LogP contribution in [0.4, 0.5) is 0 Å². The first kappa shape index (κ1) is 9.72. The van der Waals surface area contributed by atoms with Crippen LogP contribution in [0.15, 0.2) is 0 Å². The minimum Gasteiger partial charge on any atom is -0.548 e. The zero-order valence-corrected chi connectivity index (χ0v) is 6.45. The molecule has 1 rings (SSSR count). The summed E-state index contributed by atoms with van der Waals surface area (Å²) in [6.07, 6.45) is 2.82. The van der Waals surface area contributed by atoms with Crippen molar-refractivity contribution < 1.29 is 9.90 Å². The van der Waals surface area contributed by atoms with Crippen LogP contribution in [0.3, 0.4) is 0 Å². The molecule has 1 fully saturated rings. The molecule has 0 aromatic carbocycles. The highest BCUT2D eigenvalue weighted by Crippen LogP contribution is 2.05. The molecular weight excluding hydrogens is 154 g/mol. The van der Waals surface area contributed by atoms with Crippen molar-refractivity contribution in [1.82, 2.24) is 5.32 Å². The molecule has 0 aliphatic carbocycles. The van der Waals surface area contributed by atoms with Crippen molar-refractivity contribution in [2.24, 2.45) is 0 Å². The van der Waals surface area contributed by atoms with E-state index in [4.69, 9.17) is 0 Å². The van der Waals surface area contributed by atoms with Crippen LogP contribution in [0, 0.1) is 0 Å². The van der Waals surface area contributed by atoms with Gasteiger partial charge in [-0.2, -0.15) is 0 Å². The maximum absolute atomic E-state index is 10.2. The first-order valence-corrected chi connectivity index (χ1v) is 3.25. The molecule has 1 atom stereocenters. The lowest BCUT2D eigenvalue weighted by molar-refractivity contribution is -0.308. The Kier molecular flexibility index (Phi) is 4.40. The molecule has 0 amide bonds. The van der Waals surface area contributed by atoms with Crippen molar-refractivity contribution in [2.45, 2.75) is 25.3 Å². The number of aliphatic carboxylic acids is 1. The van der Waals surface area contributed by atoms with Gasteiger partial charge in [-0.15, -0.1) is 12.4 Å². The normalized spacial score (nSPS) is 25.0. The number of carbonyl (C=O) groups is 1. The van der Waals surface area contributed by atoms with E-state index in [1.165, 1.54) is 0 Å². The topological polar surface area (TPSA) is 52.2 Å². The summed E-state index contributed by atoms with van der Waals surface area (Å²) in [5.74, 6) is -0.963. The lowest BCUT2D eigenvalue weighted by atomic mass is 10.1. The standard InChI is InChI=1S/C6H11NO2.ClH/c8-6(9)5-3-1-2-4-7-5;/h5,7H,1-4H2,(H,8,9);1H/p-1. The third-order valence-corrected chi connectivity index (χ3v) is 1.59. The molecule has 1 unspecified atom stereocenters. The first-order valence-electron chi connectivity index (χ1n) is 3.25. The molecule has 10 heavy (non-hydrogen) atoms. The van der Waals surface area contributed by atoms with Gasteiger partial charge >= 0.3 is 0 Å². The molecule has 0 bridgehead atoms. The highest BCUT2D eigenvalue weighted by Gasteiger charge is 2.11. The summed E-state index contributed by atoms with van der Waals surface area (Å²) in [6.45, 7) is 0.818. The SMILES string of the molecule is Cl.O=C([O-])C1CCCCN1. The van der Waals surface area contributed by atoms with E-state index in [9.17, 15) is 9.90 Å². The third-order valence-electron chi connectivity index (χ3n) is 1.59. The van der Waals surface area contributed by atoms with Crippen LogP contribution in [0.25, 0.3) is 0 Å².